The number of aryl methyl sites for hydroxylation is 2. The van der Waals surface area contributed by atoms with Crippen LogP contribution in [0.4, 0.5) is 0 Å². The van der Waals surface area contributed by atoms with Gasteiger partial charge in [0.2, 0.25) is 0 Å². The second kappa shape index (κ2) is 7.01. The van der Waals surface area contributed by atoms with Crippen LogP contribution < -0.4 is 0 Å². The topological polar surface area (TPSA) is 49.7 Å². The molecule has 0 radical (unpaired) electrons. The summed E-state index contributed by atoms with van der Waals surface area (Å²) in [6.45, 7) is 4.36. The Labute approximate surface area is 145 Å². The van der Waals surface area contributed by atoms with E-state index in [2.05, 4.69) is 4.99 Å². The quantitative estimate of drug-likeness (QED) is 0.785. The molecule has 1 aliphatic heterocycles. The van der Waals surface area contributed by atoms with Crippen LogP contribution in [-0.2, 0) is 0 Å². The summed E-state index contributed by atoms with van der Waals surface area (Å²) in [5.41, 5.74) is 2.73. The molecule has 122 valence electrons. The Kier molecular flexibility index (Phi) is 4.81. The highest BCUT2D eigenvalue weighted by Crippen LogP contribution is 2.23. The lowest BCUT2D eigenvalue weighted by Gasteiger charge is -2.21. The van der Waals surface area contributed by atoms with E-state index in [9.17, 15) is 9.59 Å². The van der Waals surface area contributed by atoms with Gasteiger partial charge in [-0.1, -0.05) is 48.2 Å². The fraction of sp³-hybridized carbons (Fsp3) is 0.211. The number of imide groups is 1. The van der Waals surface area contributed by atoms with Crippen molar-refractivity contribution in [3.8, 4) is 0 Å². The molecule has 0 N–H and O–H groups in total. The molecule has 2 aromatic carbocycles. The van der Waals surface area contributed by atoms with Crippen LogP contribution in [0.3, 0.4) is 0 Å². The third kappa shape index (κ3) is 3.12. The molecule has 4 nitrogen and oxygen atoms in total. The van der Waals surface area contributed by atoms with Gasteiger partial charge in [0.1, 0.15) is 0 Å². The molecule has 0 unspecified atom stereocenters. The second-order valence-corrected chi connectivity index (χ2v) is 6.65. The maximum Gasteiger partial charge on any atom is 0.267 e. The van der Waals surface area contributed by atoms with Crippen molar-refractivity contribution in [2.75, 3.05) is 12.3 Å². The predicted molar refractivity (Wildman–Crippen MR) is 97.6 cm³/mol. The first-order valence-electron chi connectivity index (χ1n) is 7.77. The number of hydrogen-bond donors (Lipinski definition) is 0. The summed E-state index contributed by atoms with van der Waals surface area (Å²) in [5, 5.41) is 0.483. The van der Waals surface area contributed by atoms with Crippen LogP contribution in [-0.4, -0.2) is 34.2 Å². The van der Waals surface area contributed by atoms with E-state index in [1.54, 1.807) is 24.3 Å². The number of aliphatic imine (C=N–C) groups is 1. The highest BCUT2D eigenvalue weighted by molar-refractivity contribution is 8.14. The molecule has 0 bridgehead atoms. The lowest BCUT2D eigenvalue weighted by Crippen LogP contribution is -2.40. The number of amides is 2. The van der Waals surface area contributed by atoms with E-state index in [1.807, 2.05) is 38.1 Å². The first kappa shape index (κ1) is 16.5. The maximum atomic E-state index is 13.1. The second-order valence-electron chi connectivity index (χ2n) is 5.59. The summed E-state index contributed by atoms with van der Waals surface area (Å²) in [6, 6.07) is 14.6. The molecule has 24 heavy (non-hydrogen) atoms. The Morgan fingerprint density at radius 3 is 1.83 bits per heavy atom. The van der Waals surface area contributed by atoms with E-state index < -0.39 is 0 Å². The number of thioether (sulfide) groups is 1. The van der Waals surface area contributed by atoms with E-state index in [1.165, 1.54) is 16.7 Å². The van der Waals surface area contributed by atoms with Crippen molar-refractivity contribution < 1.29 is 9.59 Å². The molecule has 2 amide bonds. The van der Waals surface area contributed by atoms with Crippen molar-refractivity contribution in [2.45, 2.75) is 13.8 Å². The van der Waals surface area contributed by atoms with Gasteiger partial charge in [0.05, 0.1) is 6.54 Å². The molecule has 0 spiro atoms. The summed E-state index contributed by atoms with van der Waals surface area (Å²) in [5.74, 6) is 0.137. The van der Waals surface area contributed by atoms with Gasteiger partial charge in [0.15, 0.2) is 5.17 Å². The summed E-state index contributed by atoms with van der Waals surface area (Å²) >= 11 is 1.44. The van der Waals surface area contributed by atoms with E-state index >= 15 is 0 Å². The molecule has 1 aliphatic rings. The van der Waals surface area contributed by atoms with Crippen molar-refractivity contribution in [1.82, 2.24) is 4.90 Å². The summed E-state index contributed by atoms with van der Waals surface area (Å²) in [6.07, 6.45) is 0. The van der Waals surface area contributed by atoms with E-state index in [4.69, 9.17) is 0 Å². The smallest absolute Gasteiger partial charge is 0.267 e. The van der Waals surface area contributed by atoms with Crippen LogP contribution in [0.15, 0.2) is 53.5 Å². The van der Waals surface area contributed by atoms with E-state index in [0.29, 0.717) is 22.8 Å². The SMILES string of the molecule is Cc1ccccc1C(=O)N(C(=O)c1ccccc1C)C1=NCCS1. The Morgan fingerprint density at radius 1 is 0.917 bits per heavy atom. The molecule has 0 saturated heterocycles. The first-order valence-corrected chi connectivity index (χ1v) is 8.75. The van der Waals surface area contributed by atoms with Crippen LogP contribution in [0.5, 0.6) is 0 Å². The summed E-state index contributed by atoms with van der Waals surface area (Å²) < 4.78 is 0. The van der Waals surface area contributed by atoms with Crippen LogP contribution >= 0.6 is 11.8 Å². The monoisotopic (exact) mass is 338 g/mol. The summed E-state index contributed by atoms with van der Waals surface area (Å²) in [7, 11) is 0. The normalized spacial score (nSPS) is 13.5. The van der Waals surface area contributed by atoms with Gasteiger partial charge in [0, 0.05) is 16.9 Å². The number of nitrogens with zero attached hydrogens (tertiary/aromatic N) is 2. The third-order valence-corrected chi connectivity index (χ3v) is 4.87. The van der Waals surface area contributed by atoms with Gasteiger partial charge in [-0.25, -0.2) is 4.90 Å². The Hall–Kier alpha value is -2.40. The van der Waals surface area contributed by atoms with E-state index in [0.717, 1.165) is 16.9 Å². The Bertz CT molecular complexity index is 772. The van der Waals surface area contributed by atoms with Crippen molar-refractivity contribution in [1.29, 1.82) is 0 Å². The van der Waals surface area contributed by atoms with Crippen molar-refractivity contribution >= 4 is 28.7 Å². The summed E-state index contributed by atoms with van der Waals surface area (Å²) in [4.78, 5) is 31.8. The molecule has 0 saturated carbocycles. The lowest BCUT2D eigenvalue weighted by molar-refractivity contribution is 0.0716. The predicted octanol–water partition coefficient (Wildman–Crippen LogP) is 3.69. The number of carbonyl (C=O) groups is 2. The average molecular weight is 338 g/mol. The van der Waals surface area contributed by atoms with Gasteiger partial charge in [-0.2, -0.15) is 0 Å². The molecule has 1 heterocycles. The minimum Gasteiger partial charge on any atom is -0.268 e. The largest absolute Gasteiger partial charge is 0.268 e. The molecule has 0 fully saturated rings. The number of rotatable bonds is 2. The number of carbonyl (C=O) groups excluding carboxylic acids is 2. The lowest BCUT2D eigenvalue weighted by atomic mass is 10.1. The van der Waals surface area contributed by atoms with Gasteiger partial charge >= 0.3 is 0 Å². The fourth-order valence-electron chi connectivity index (χ4n) is 2.59. The van der Waals surface area contributed by atoms with Crippen LogP contribution in [0.1, 0.15) is 31.8 Å². The van der Waals surface area contributed by atoms with Gasteiger partial charge in [0.25, 0.3) is 11.8 Å². The Morgan fingerprint density at radius 2 is 1.42 bits per heavy atom. The van der Waals surface area contributed by atoms with Crippen molar-refractivity contribution in [3.63, 3.8) is 0 Å². The number of amidine groups is 1. The average Bonchev–Trinajstić information content (AvgIpc) is 3.09. The third-order valence-electron chi connectivity index (χ3n) is 3.92. The van der Waals surface area contributed by atoms with Gasteiger partial charge in [-0.05, 0) is 37.1 Å². The van der Waals surface area contributed by atoms with Gasteiger partial charge < -0.3 is 0 Å². The van der Waals surface area contributed by atoms with Gasteiger partial charge in [-0.3, -0.25) is 14.6 Å². The minimum absolute atomic E-state index is 0.325. The van der Waals surface area contributed by atoms with Gasteiger partial charge in [-0.15, -0.1) is 0 Å². The maximum absolute atomic E-state index is 13.1. The van der Waals surface area contributed by atoms with Crippen LogP contribution in [0.2, 0.25) is 0 Å². The molecule has 0 aliphatic carbocycles. The first-order chi connectivity index (χ1) is 11.6. The van der Waals surface area contributed by atoms with Crippen molar-refractivity contribution in [3.05, 3.63) is 70.8 Å². The molecule has 3 rings (SSSR count). The zero-order valence-electron chi connectivity index (χ0n) is 13.7. The number of hydrogen-bond acceptors (Lipinski definition) is 4. The molecule has 5 heteroatoms. The Balaban J connectivity index is 2.05. The molecular weight excluding hydrogens is 320 g/mol. The fourth-order valence-corrected chi connectivity index (χ4v) is 3.43. The number of benzene rings is 2. The van der Waals surface area contributed by atoms with Crippen LogP contribution in [0.25, 0.3) is 0 Å². The highest BCUT2D eigenvalue weighted by atomic mass is 32.2. The highest BCUT2D eigenvalue weighted by Gasteiger charge is 2.31. The minimum atomic E-state index is -0.325. The molecule has 0 atom stereocenters. The standard InChI is InChI=1S/C19H18N2O2S/c1-13-7-3-5-9-15(13)17(22)21(19-20-11-12-24-19)18(23)16-10-6-4-8-14(16)2/h3-10H,11-12H2,1-2H3. The molecule has 2 aromatic rings. The van der Waals surface area contributed by atoms with Crippen molar-refractivity contribution in [2.24, 2.45) is 4.99 Å². The zero-order valence-corrected chi connectivity index (χ0v) is 14.5. The van der Waals surface area contributed by atoms with E-state index in [-0.39, 0.29) is 11.8 Å². The molecule has 0 aromatic heterocycles. The van der Waals surface area contributed by atoms with Crippen LogP contribution in [0, 0.1) is 13.8 Å². The molecular formula is C19H18N2O2S. The zero-order chi connectivity index (χ0) is 17.1.